The molecule has 0 spiro atoms. The fourth-order valence-corrected chi connectivity index (χ4v) is 3.17. The van der Waals surface area contributed by atoms with Crippen molar-refractivity contribution in [2.75, 3.05) is 17.9 Å². The number of alkyl halides is 3. The van der Waals surface area contributed by atoms with E-state index < -0.39 is 34.5 Å². The molecule has 2 aromatic carbocycles. The molecular formula is C17H16F4N2O4S. The lowest BCUT2D eigenvalue weighted by atomic mass is 10.2. The molecular weight excluding hydrogens is 404 g/mol. The SMILES string of the molecule is CCOc1ccc(NS(=O)(=O)c2ccc(C(=O)NCC(F)(F)F)cc2)cc1F. The first-order valence-electron chi connectivity index (χ1n) is 7.92. The van der Waals surface area contributed by atoms with Crippen LogP contribution < -0.4 is 14.8 Å². The summed E-state index contributed by atoms with van der Waals surface area (Å²) in [5, 5.41) is 1.68. The van der Waals surface area contributed by atoms with Crippen LogP contribution in [0.1, 0.15) is 17.3 Å². The second-order valence-electron chi connectivity index (χ2n) is 5.51. The van der Waals surface area contributed by atoms with E-state index in [-0.39, 0.29) is 28.5 Å². The molecule has 1 amide bonds. The maximum atomic E-state index is 13.8. The van der Waals surface area contributed by atoms with Crippen LogP contribution in [-0.2, 0) is 10.0 Å². The first-order valence-corrected chi connectivity index (χ1v) is 9.40. The molecule has 2 rings (SSSR count). The van der Waals surface area contributed by atoms with E-state index in [1.54, 1.807) is 12.2 Å². The number of hydrogen-bond acceptors (Lipinski definition) is 4. The normalized spacial score (nSPS) is 11.8. The first-order chi connectivity index (χ1) is 13.0. The van der Waals surface area contributed by atoms with E-state index in [2.05, 4.69) is 4.72 Å². The molecule has 28 heavy (non-hydrogen) atoms. The zero-order valence-corrected chi connectivity index (χ0v) is 15.3. The highest BCUT2D eigenvalue weighted by atomic mass is 32.2. The molecule has 0 aliphatic heterocycles. The number of carbonyl (C=O) groups is 1. The van der Waals surface area contributed by atoms with Gasteiger partial charge in [-0.25, -0.2) is 12.8 Å². The Bertz CT molecular complexity index is 945. The number of anilines is 1. The number of rotatable bonds is 7. The minimum atomic E-state index is -4.56. The van der Waals surface area contributed by atoms with Crippen LogP contribution in [0.3, 0.4) is 0 Å². The lowest BCUT2D eigenvalue weighted by Gasteiger charge is -2.11. The predicted octanol–water partition coefficient (Wildman–Crippen LogP) is 3.32. The van der Waals surface area contributed by atoms with Crippen molar-refractivity contribution < 1.29 is 35.5 Å². The Morgan fingerprint density at radius 3 is 2.29 bits per heavy atom. The molecule has 0 heterocycles. The van der Waals surface area contributed by atoms with E-state index in [1.807, 2.05) is 0 Å². The lowest BCUT2D eigenvalue weighted by molar-refractivity contribution is -0.123. The quantitative estimate of drug-likeness (QED) is 0.673. The molecule has 152 valence electrons. The topological polar surface area (TPSA) is 84.5 Å². The van der Waals surface area contributed by atoms with E-state index in [9.17, 15) is 30.8 Å². The lowest BCUT2D eigenvalue weighted by Crippen LogP contribution is -2.33. The minimum absolute atomic E-state index is 0.0281. The molecule has 0 aliphatic carbocycles. The molecule has 11 heteroatoms. The van der Waals surface area contributed by atoms with Gasteiger partial charge < -0.3 is 10.1 Å². The third-order valence-electron chi connectivity index (χ3n) is 3.36. The van der Waals surface area contributed by atoms with Crippen LogP contribution in [0.2, 0.25) is 0 Å². The van der Waals surface area contributed by atoms with E-state index >= 15 is 0 Å². The summed E-state index contributed by atoms with van der Waals surface area (Å²) in [4.78, 5) is 11.4. The van der Waals surface area contributed by atoms with Crippen LogP contribution in [0.15, 0.2) is 47.4 Å². The molecule has 0 unspecified atom stereocenters. The highest BCUT2D eigenvalue weighted by Crippen LogP contribution is 2.23. The van der Waals surface area contributed by atoms with E-state index in [1.165, 1.54) is 12.1 Å². The largest absolute Gasteiger partial charge is 0.491 e. The van der Waals surface area contributed by atoms with Gasteiger partial charge in [0.1, 0.15) is 6.54 Å². The van der Waals surface area contributed by atoms with Gasteiger partial charge in [0.05, 0.1) is 17.2 Å². The van der Waals surface area contributed by atoms with Crippen LogP contribution in [0.4, 0.5) is 23.2 Å². The van der Waals surface area contributed by atoms with Crippen LogP contribution in [0.25, 0.3) is 0 Å². The van der Waals surface area contributed by atoms with Crippen molar-refractivity contribution in [3.05, 3.63) is 53.8 Å². The number of benzene rings is 2. The molecule has 2 aromatic rings. The number of hydrogen-bond donors (Lipinski definition) is 2. The third kappa shape index (κ3) is 5.84. The number of halogens is 4. The summed E-state index contributed by atoms with van der Waals surface area (Å²) in [7, 11) is -4.10. The highest BCUT2D eigenvalue weighted by molar-refractivity contribution is 7.92. The molecule has 2 N–H and O–H groups in total. The summed E-state index contributed by atoms with van der Waals surface area (Å²) in [5.41, 5.74) is -0.191. The monoisotopic (exact) mass is 420 g/mol. The molecule has 0 atom stereocenters. The van der Waals surface area contributed by atoms with Gasteiger partial charge in [-0.05, 0) is 43.3 Å². The molecule has 0 fully saturated rings. The Hall–Kier alpha value is -2.82. The number of nitrogens with one attached hydrogen (secondary N) is 2. The molecule has 0 radical (unpaired) electrons. The summed E-state index contributed by atoms with van der Waals surface area (Å²) in [6.07, 6.45) is -4.56. The fourth-order valence-electron chi connectivity index (χ4n) is 2.12. The summed E-state index contributed by atoms with van der Waals surface area (Å²) < 4.78 is 82.1. The van der Waals surface area contributed by atoms with Gasteiger partial charge in [-0.2, -0.15) is 13.2 Å². The molecule has 0 saturated carbocycles. The zero-order valence-electron chi connectivity index (χ0n) is 14.5. The Morgan fingerprint density at radius 2 is 1.75 bits per heavy atom. The molecule has 0 saturated heterocycles. The van der Waals surface area contributed by atoms with Gasteiger partial charge in [-0.15, -0.1) is 0 Å². The molecule has 0 aliphatic rings. The van der Waals surface area contributed by atoms with Gasteiger partial charge in [0.25, 0.3) is 15.9 Å². The van der Waals surface area contributed by atoms with Gasteiger partial charge >= 0.3 is 6.18 Å². The molecule has 0 bridgehead atoms. The van der Waals surface area contributed by atoms with E-state index in [0.717, 1.165) is 30.3 Å². The van der Waals surface area contributed by atoms with Crippen LogP contribution in [0.5, 0.6) is 5.75 Å². The first kappa shape index (κ1) is 21.5. The number of ether oxygens (including phenoxy) is 1. The Morgan fingerprint density at radius 1 is 1.11 bits per heavy atom. The van der Waals surface area contributed by atoms with E-state index in [0.29, 0.717) is 0 Å². The van der Waals surface area contributed by atoms with Gasteiger partial charge in [-0.1, -0.05) is 0 Å². The van der Waals surface area contributed by atoms with Crippen molar-refractivity contribution >= 4 is 21.6 Å². The summed E-state index contributed by atoms with van der Waals surface area (Å²) in [6.45, 7) is 0.407. The van der Waals surface area contributed by atoms with Crippen LogP contribution >= 0.6 is 0 Å². The Kier molecular flexibility index (Phi) is 6.49. The predicted molar refractivity (Wildman–Crippen MR) is 93.2 cm³/mol. The van der Waals surface area contributed by atoms with Gasteiger partial charge in [-0.3, -0.25) is 9.52 Å². The highest BCUT2D eigenvalue weighted by Gasteiger charge is 2.28. The maximum Gasteiger partial charge on any atom is 0.405 e. The Balaban J connectivity index is 2.11. The van der Waals surface area contributed by atoms with Gasteiger partial charge in [0.2, 0.25) is 0 Å². The Labute approximate surface area is 158 Å². The van der Waals surface area contributed by atoms with E-state index in [4.69, 9.17) is 4.74 Å². The maximum absolute atomic E-state index is 13.8. The fraction of sp³-hybridized carbons (Fsp3) is 0.235. The number of amides is 1. The van der Waals surface area contributed by atoms with Gasteiger partial charge in [0, 0.05) is 11.6 Å². The average Bonchev–Trinajstić information content (AvgIpc) is 2.61. The van der Waals surface area contributed by atoms with Crippen LogP contribution in [0, 0.1) is 5.82 Å². The molecule has 0 aromatic heterocycles. The van der Waals surface area contributed by atoms with Crippen molar-refractivity contribution in [1.82, 2.24) is 5.32 Å². The second-order valence-corrected chi connectivity index (χ2v) is 7.19. The number of sulfonamides is 1. The van der Waals surface area contributed by atoms with Crippen molar-refractivity contribution in [3.8, 4) is 5.75 Å². The summed E-state index contributed by atoms with van der Waals surface area (Å²) in [6, 6.07) is 7.76. The van der Waals surface area contributed by atoms with Crippen LogP contribution in [-0.4, -0.2) is 33.7 Å². The smallest absolute Gasteiger partial charge is 0.405 e. The minimum Gasteiger partial charge on any atom is -0.491 e. The number of carbonyl (C=O) groups excluding carboxylic acids is 1. The third-order valence-corrected chi connectivity index (χ3v) is 4.76. The average molecular weight is 420 g/mol. The van der Waals surface area contributed by atoms with Crippen molar-refractivity contribution in [3.63, 3.8) is 0 Å². The van der Waals surface area contributed by atoms with Crippen molar-refractivity contribution in [1.29, 1.82) is 0 Å². The standard InChI is InChI=1S/C17H16F4N2O4S/c1-2-27-15-8-5-12(9-14(15)18)23-28(25,26)13-6-3-11(4-7-13)16(24)22-10-17(19,20)21/h3-9,23H,2,10H2,1H3,(H,22,24). The molecule has 6 nitrogen and oxygen atoms in total. The van der Waals surface area contributed by atoms with Crippen molar-refractivity contribution in [2.45, 2.75) is 18.0 Å². The second kappa shape index (κ2) is 8.46. The summed E-state index contributed by atoms with van der Waals surface area (Å²) >= 11 is 0. The van der Waals surface area contributed by atoms with Gasteiger partial charge in [0.15, 0.2) is 11.6 Å². The van der Waals surface area contributed by atoms with Crippen molar-refractivity contribution in [2.24, 2.45) is 0 Å². The summed E-state index contributed by atoms with van der Waals surface area (Å²) in [5.74, 6) is -1.78. The zero-order chi connectivity index (χ0) is 20.9.